The summed E-state index contributed by atoms with van der Waals surface area (Å²) in [6.45, 7) is 8.75. The lowest BCUT2D eigenvalue weighted by atomic mass is 10.1. The third kappa shape index (κ3) is 6.19. The number of benzene rings is 3. The number of rotatable bonds is 9. The van der Waals surface area contributed by atoms with Crippen molar-refractivity contribution in [3.05, 3.63) is 83.9 Å². The van der Waals surface area contributed by atoms with Crippen molar-refractivity contribution in [2.75, 3.05) is 47.4 Å². The molecule has 1 aliphatic rings. The van der Waals surface area contributed by atoms with Crippen molar-refractivity contribution >= 4 is 40.7 Å². The fourth-order valence-corrected chi connectivity index (χ4v) is 4.70. The normalized spacial score (nSPS) is 13.9. The zero-order valence-electron chi connectivity index (χ0n) is 23.1. The van der Waals surface area contributed by atoms with Crippen LogP contribution in [0.15, 0.2) is 72.8 Å². The fraction of sp³-hybridized carbons (Fsp3) is 0.300. The van der Waals surface area contributed by atoms with Gasteiger partial charge in [0.25, 0.3) is 5.91 Å². The van der Waals surface area contributed by atoms with E-state index in [2.05, 4.69) is 10.2 Å². The summed E-state index contributed by atoms with van der Waals surface area (Å²) in [5, 5.41) is 2.86. The number of halogens is 3. The standard InChI is InChI=1S/C30H32F3N5O3/c1-4-35(5-2)19-18-34-27(39)21-12-15-24(16-13-21)38-28(40)36(6-3)25-17-14-22(30(31,32)33)20-26(25)37(29(38)41)23-10-8-7-9-11-23/h7-17,20H,4-6,18-19H2,1-3H3,(H,34,39). The summed E-state index contributed by atoms with van der Waals surface area (Å²) in [5.41, 5.74) is -0.0556. The number of para-hydroxylation sites is 1. The van der Waals surface area contributed by atoms with Crippen molar-refractivity contribution in [1.82, 2.24) is 10.2 Å². The third-order valence-corrected chi connectivity index (χ3v) is 6.97. The van der Waals surface area contributed by atoms with E-state index in [1.54, 1.807) is 37.3 Å². The van der Waals surface area contributed by atoms with Gasteiger partial charge in [-0.1, -0.05) is 32.0 Å². The zero-order chi connectivity index (χ0) is 29.7. The number of anilines is 4. The Morgan fingerprint density at radius 1 is 0.805 bits per heavy atom. The molecule has 8 nitrogen and oxygen atoms in total. The van der Waals surface area contributed by atoms with Crippen LogP contribution in [0.5, 0.6) is 0 Å². The van der Waals surface area contributed by atoms with Crippen LogP contribution in [0.25, 0.3) is 0 Å². The molecule has 0 radical (unpaired) electrons. The molecule has 0 fully saturated rings. The molecule has 0 unspecified atom stereocenters. The van der Waals surface area contributed by atoms with Gasteiger partial charge in [-0.2, -0.15) is 13.2 Å². The highest BCUT2D eigenvalue weighted by molar-refractivity contribution is 6.28. The van der Waals surface area contributed by atoms with Gasteiger partial charge in [-0.15, -0.1) is 0 Å². The molecule has 0 spiro atoms. The van der Waals surface area contributed by atoms with Crippen molar-refractivity contribution in [3.63, 3.8) is 0 Å². The summed E-state index contributed by atoms with van der Waals surface area (Å²) in [6, 6.07) is 15.5. The smallest absolute Gasteiger partial charge is 0.351 e. The Morgan fingerprint density at radius 2 is 1.44 bits per heavy atom. The third-order valence-electron chi connectivity index (χ3n) is 6.97. The Bertz CT molecular complexity index is 1390. The second kappa shape index (κ2) is 12.4. The van der Waals surface area contributed by atoms with Crippen LogP contribution in [0, 0.1) is 0 Å². The summed E-state index contributed by atoms with van der Waals surface area (Å²) in [4.78, 5) is 46.0. The van der Waals surface area contributed by atoms with Gasteiger partial charge in [0.1, 0.15) is 0 Å². The first-order valence-corrected chi connectivity index (χ1v) is 13.4. The van der Waals surface area contributed by atoms with E-state index in [1.807, 2.05) is 13.8 Å². The van der Waals surface area contributed by atoms with Gasteiger partial charge in [-0.3, -0.25) is 14.6 Å². The van der Waals surface area contributed by atoms with E-state index in [4.69, 9.17) is 0 Å². The van der Waals surface area contributed by atoms with E-state index >= 15 is 0 Å². The SMILES string of the molecule is CCN(CC)CCNC(=O)c1ccc(N2C(=O)N(CC)c3ccc(C(F)(F)F)cc3N(c3ccccc3)C2=O)cc1. The molecule has 0 aromatic heterocycles. The number of amides is 5. The minimum absolute atomic E-state index is 0.0714. The number of alkyl halides is 3. The number of imide groups is 1. The molecule has 3 aromatic carbocycles. The molecule has 41 heavy (non-hydrogen) atoms. The Morgan fingerprint density at radius 3 is 2.02 bits per heavy atom. The number of hydrogen-bond donors (Lipinski definition) is 1. The molecule has 0 aliphatic carbocycles. The molecule has 0 bridgehead atoms. The molecule has 11 heteroatoms. The summed E-state index contributed by atoms with van der Waals surface area (Å²) < 4.78 is 41.1. The molecule has 1 heterocycles. The molecule has 1 N–H and O–H groups in total. The maximum absolute atomic E-state index is 14.1. The lowest BCUT2D eigenvalue weighted by molar-refractivity contribution is -0.137. The van der Waals surface area contributed by atoms with E-state index < -0.39 is 23.8 Å². The first kappa shape index (κ1) is 29.6. The van der Waals surface area contributed by atoms with Gasteiger partial charge < -0.3 is 10.2 Å². The van der Waals surface area contributed by atoms with Gasteiger partial charge in [0.2, 0.25) is 0 Å². The highest BCUT2D eigenvalue weighted by atomic mass is 19.4. The summed E-state index contributed by atoms with van der Waals surface area (Å²) >= 11 is 0. The Labute approximate surface area is 236 Å². The van der Waals surface area contributed by atoms with E-state index in [0.717, 1.165) is 35.0 Å². The van der Waals surface area contributed by atoms with Crippen LogP contribution in [0.1, 0.15) is 36.7 Å². The van der Waals surface area contributed by atoms with E-state index in [-0.39, 0.29) is 35.2 Å². The largest absolute Gasteiger partial charge is 0.416 e. The maximum Gasteiger partial charge on any atom is 0.416 e. The van der Waals surface area contributed by atoms with Crippen LogP contribution < -0.4 is 20.0 Å². The highest BCUT2D eigenvalue weighted by Crippen LogP contribution is 2.43. The Hall–Kier alpha value is -4.38. The van der Waals surface area contributed by atoms with Gasteiger partial charge in [0, 0.05) is 25.2 Å². The molecule has 1 aliphatic heterocycles. The van der Waals surface area contributed by atoms with Crippen LogP contribution in [0.3, 0.4) is 0 Å². The first-order chi connectivity index (χ1) is 19.6. The molecule has 0 saturated heterocycles. The van der Waals surface area contributed by atoms with Crippen molar-refractivity contribution in [2.45, 2.75) is 26.9 Å². The lowest BCUT2D eigenvalue weighted by Gasteiger charge is -2.27. The molecule has 4 rings (SSSR count). The van der Waals surface area contributed by atoms with Crippen LogP contribution in [0.4, 0.5) is 45.5 Å². The quantitative estimate of drug-likeness (QED) is 0.320. The molecule has 216 valence electrons. The van der Waals surface area contributed by atoms with Crippen LogP contribution in [-0.4, -0.2) is 55.6 Å². The zero-order valence-corrected chi connectivity index (χ0v) is 23.1. The molecule has 5 amide bonds. The Balaban J connectivity index is 1.72. The van der Waals surface area contributed by atoms with Crippen molar-refractivity contribution < 1.29 is 27.6 Å². The number of nitrogens with zero attached hydrogens (tertiary/aromatic N) is 4. The number of hydrogen-bond acceptors (Lipinski definition) is 4. The van der Waals surface area contributed by atoms with Gasteiger partial charge >= 0.3 is 18.2 Å². The summed E-state index contributed by atoms with van der Waals surface area (Å²) in [7, 11) is 0. The van der Waals surface area contributed by atoms with Crippen molar-refractivity contribution in [2.24, 2.45) is 0 Å². The van der Waals surface area contributed by atoms with Crippen LogP contribution in [-0.2, 0) is 6.18 Å². The van der Waals surface area contributed by atoms with Gasteiger partial charge in [0.15, 0.2) is 0 Å². The predicted octanol–water partition coefficient (Wildman–Crippen LogP) is 6.50. The molecular weight excluding hydrogens is 535 g/mol. The number of fused-ring (bicyclic) bond motifs is 1. The second-order valence-corrected chi connectivity index (χ2v) is 9.35. The maximum atomic E-state index is 14.1. The van der Waals surface area contributed by atoms with E-state index in [0.29, 0.717) is 18.7 Å². The number of likely N-dealkylation sites (N-methyl/N-ethyl adjacent to an activating group) is 1. The number of carbonyl (C=O) groups excluding carboxylic acids is 3. The first-order valence-electron chi connectivity index (χ1n) is 13.4. The number of carbonyl (C=O) groups is 3. The average Bonchev–Trinajstić information content (AvgIpc) is 3.05. The van der Waals surface area contributed by atoms with Gasteiger partial charge in [-0.25, -0.2) is 14.5 Å². The van der Waals surface area contributed by atoms with Crippen molar-refractivity contribution in [1.29, 1.82) is 0 Å². The second-order valence-electron chi connectivity index (χ2n) is 9.35. The topological polar surface area (TPSA) is 76.2 Å². The molecule has 0 saturated carbocycles. The van der Waals surface area contributed by atoms with Crippen molar-refractivity contribution in [3.8, 4) is 0 Å². The summed E-state index contributed by atoms with van der Waals surface area (Å²) in [5.74, 6) is -0.301. The molecular formula is C30H32F3N5O3. The van der Waals surface area contributed by atoms with Gasteiger partial charge in [-0.05, 0) is 74.6 Å². The van der Waals surface area contributed by atoms with Crippen LogP contribution in [0.2, 0.25) is 0 Å². The lowest BCUT2D eigenvalue weighted by Crippen LogP contribution is -2.48. The Kier molecular flexibility index (Phi) is 8.97. The predicted molar refractivity (Wildman–Crippen MR) is 153 cm³/mol. The minimum Gasteiger partial charge on any atom is -0.351 e. The van der Waals surface area contributed by atoms with Gasteiger partial charge in [0.05, 0.1) is 28.3 Å². The van der Waals surface area contributed by atoms with E-state index in [1.165, 1.54) is 35.2 Å². The number of nitrogens with one attached hydrogen (secondary N) is 1. The monoisotopic (exact) mass is 567 g/mol. The average molecular weight is 568 g/mol. The fourth-order valence-electron chi connectivity index (χ4n) is 4.70. The minimum atomic E-state index is -4.66. The van der Waals surface area contributed by atoms with Crippen LogP contribution >= 0.6 is 0 Å². The number of urea groups is 2. The molecule has 3 aromatic rings. The molecule has 0 atom stereocenters. The van der Waals surface area contributed by atoms with E-state index in [9.17, 15) is 27.6 Å². The highest BCUT2D eigenvalue weighted by Gasteiger charge is 2.41. The summed E-state index contributed by atoms with van der Waals surface area (Å²) in [6.07, 6.45) is -4.66.